The van der Waals surface area contributed by atoms with Crippen LogP contribution in [0.5, 0.6) is 5.75 Å². The molecule has 2 aliphatic rings. The lowest BCUT2D eigenvalue weighted by Crippen LogP contribution is -2.46. The third-order valence-corrected chi connectivity index (χ3v) is 9.23. The van der Waals surface area contributed by atoms with Crippen LogP contribution in [0.15, 0.2) is 90.5 Å². The Labute approximate surface area is 286 Å². The van der Waals surface area contributed by atoms with Crippen molar-refractivity contribution in [1.29, 1.82) is 0 Å². The number of piperazine rings is 1. The van der Waals surface area contributed by atoms with Gasteiger partial charge in [0, 0.05) is 49.2 Å². The van der Waals surface area contributed by atoms with E-state index in [0.717, 1.165) is 43.6 Å². The van der Waals surface area contributed by atoms with Gasteiger partial charge in [-0.3, -0.25) is 0 Å². The second-order valence-corrected chi connectivity index (χ2v) is 12.5. The molecule has 2 aliphatic heterocycles. The van der Waals surface area contributed by atoms with Gasteiger partial charge in [-0.15, -0.1) is 0 Å². The fourth-order valence-corrected chi connectivity index (χ4v) is 6.25. The van der Waals surface area contributed by atoms with E-state index in [1.807, 2.05) is 48.5 Å². The van der Waals surface area contributed by atoms with Gasteiger partial charge in [0.2, 0.25) is 5.79 Å². The fraction of sp³-hybridized carbons (Fsp3) is 0.371. The van der Waals surface area contributed by atoms with E-state index in [0.29, 0.717) is 11.4 Å². The van der Waals surface area contributed by atoms with Crippen LogP contribution < -0.4 is 20.2 Å². The Morgan fingerprint density at radius 1 is 0.920 bits per heavy atom. The van der Waals surface area contributed by atoms with Crippen LogP contribution >= 0.6 is 0 Å². The molecule has 4 atom stereocenters. The van der Waals surface area contributed by atoms with E-state index in [9.17, 15) is 18.7 Å². The maximum Gasteiger partial charge on any atom is 0.350 e. The first-order valence-corrected chi connectivity index (χ1v) is 16.5. The Balaban J connectivity index is 0.924. The van der Waals surface area contributed by atoms with Gasteiger partial charge in [0.15, 0.2) is 0 Å². The van der Waals surface area contributed by atoms with E-state index in [-0.39, 0.29) is 31.0 Å². The highest BCUT2D eigenvalue weighted by Gasteiger charge is 2.46. The van der Waals surface area contributed by atoms with Gasteiger partial charge < -0.3 is 29.1 Å². The maximum atomic E-state index is 14.9. The minimum atomic E-state index is -1.52. The van der Waals surface area contributed by atoms with Gasteiger partial charge in [-0.1, -0.05) is 0 Å². The van der Waals surface area contributed by atoms with Crippen LogP contribution in [0.4, 0.5) is 20.2 Å². The predicted molar refractivity (Wildman–Crippen MR) is 179 cm³/mol. The van der Waals surface area contributed by atoms with Crippen LogP contribution in [-0.2, 0) is 21.8 Å². The first kappa shape index (κ1) is 33.4. The Morgan fingerprint density at radius 2 is 1.58 bits per heavy atom. The molecule has 2 saturated heterocycles. The lowest BCUT2D eigenvalue weighted by atomic mass is 10.0. The number of hydrogen-bond donors (Lipinski definition) is 1. The molecule has 0 amide bonds. The normalized spacial score (nSPS) is 20.6. The molecule has 15 heteroatoms. The molecule has 2 aromatic heterocycles. The van der Waals surface area contributed by atoms with Crippen molar-refractivity contribution < 1.29 is 28.1 Å². The zero-order chi connectivity index (χ0) is 34.8. The number of halogens is 2. The van der Waals surface area contributed by atoms with Crippen molar-refractivity contribution in [1.82, 2.24) is 29.1 Å². The molecule has 0 spiro atoms. The highest BCUT2D eigenvalue weighted by molar-refractivity contribution is 5.54. The van der Waals surface area contributed by atoms with E-state index >= 15 is 0 Å². The first-order valence-electron chi connectivity index (χ1n) is 16.5. The molecule has 13 nitrogen and oxygen atoms in total. The Morgan fingerprint density at radius 3 is 2.20 bits per heavy atom. The smallest absolute Gasteiger partial charge is 0.350 e. The van der Waals surface area contributed by atoms with Crippen molar-refractivity contribution >= 4 is 11.4 Å². The number of aliphatic hydroxyl groups is 1. The zero-order valence-electron chi connectivity index (χ0n) is 27.7. The molecule has 1 N–H and O–H groups in total. The summed E-state index contributed by atoms with van der Waals surface area (Å²) in [7, 11) is 0. The second-order valence-electron chi connectivity index (χ2n) is 12.5. The molecule has 262 valence electrons. The predicted octanol–water partition coefficient (Wildman–Crippen LogP) is 3.52. The van der Waals surface area contributed by atoms with Crippen molar-refractivity contribution in [3.05, 3.63) is 113 Å². The summed E-state index contributed by atoms with van der Waals surface area (Å²) in [6.45, 7) is 7.02. The molecule has 2 fully saturated rings. The summed E-state index contributed by atoms with van der Waals surface area (Å²) in [4.78, 5) is 21.4. The van der Waals surface area contributed by atoms with Gasteiger partial charge in [-0.2, -0.15) is 10.2 Å². The second kappa shape index (κ2) is 14.0. The lowest BCUT2D eigenvalue weighted by Gasteiger charge is -2.37. The summed E-state index contributed by atoms with van der Waals surface area (Å²) in [6, 6.07) is 18.5. The van der Waals surface area contributed by atoms with Gasteiger partial charge in [0.25, 0.3) is 0 Å². The summed E-state index contributed by atoms with van der Waals surface area (Å²) in [6.07, 6.45) is 3.11. The third kappa shape index (κ3) is 6.84. The molecule has 7 rings (SSSR count). The van der Waals surface area contributed by atoms with Gasteiger partial charge in [0.05, 0.1) is 24.4 Å². The van der Waals surface area contributed by atoms with E-state index in [2.05, 4.69) is 25.0 Å². The van der Waals surface area contributed by atoms with Crippen LogP contribution in [0, 0.1) is 11.6 Å². The summed E-state index contributed by atoms with van der Waals surface area (Å²) in [5.74, 6) is -2.33. The molecule has 4 heterocycles. The number of anilines is 2. The maximum absolute atomic E-state index is 14.9. The first-order chi connectivity index (χ1) is 24.2. The number of aliphatic hydroxyl groups excluding tert-OH is 1. The summed E-state index contributed by atoms with van der Waals surface area (Å²) in [5, 5.41) is 18.1. The van der Waals surface area contributed by atoms with Crippen LogP contribution in [0.1, 0.15) is 25.5 Å². The van der Waals surface area contributed by atoms with Gasteiger partial charge in [-0.25, -0.2) is 32.5 Å². The third-order valence-electron chi connectivity index (χ3n) is 9.23. The van der Waals surface area contributed by atoms with E-state index < -0.39 is 35.7 Å². The Kier molecular flexibility index (Phi) is 9.35. The summed E-state index contributed by atoms with van der Waals surface area (Å²) < 4.78 is 51.1. The monoisotopic (exact) mass is 688 g/mol. The molecule has 0 bridgehead atoms. The molecule has 0 saturated carbocycles. The average Bonchev–Trinajstić information content (AvgIpc) is 3.88. The fourth-order valence-electron chi connectivity index (χ4n) is 6.25. The minimum Gasteiger partial charge on any atom is -0.491 e. The molecule has 1 unspecified atom stereocenters. The van der Waals surface area contributed by atoms with Crippen molar-refractivity contribution in [2.75, 3.05) is 49.2 Å². The Hall–Kier alpha value is -5.12. The molecular formula is C35H38F2N8O5. The number of rotatable bonds is 11. The van der Waals surface area contributed by atoms with Gasteiger partial charge in [0.1, 0.15) is 55.6 Å². The van der Waals surface area contributed by atoms with Crippen molar-refractivity contribution in [3.63, 3.8) is 0 Å². The summed E-state index contributed by atoms with van der Waals surface area (Å²) in [5.41, 5.74) is 2.64. The topological polar surface area (TPSA) is 125 Å². The number of benzene rings is 3. The van der Waals surface area contributed by atoms with Crippen LogP contribution in [0.25, 0.3) is 5.69 Å². The van der Waals surface area contributed by atoms with Crippen LogP contribution in [0.3, 0.4) is 0 Å². The van der Waals surface area contributed by atoms with Crippen molar-refractivity contribution in [2.45, 2.75) is 44.4 Å². The molecule has 3 aromatic carbocycles. The number of aromatic nitrogens is 6. The molecule has 50 heavy (non-hydrogen) atoms. The van der Waals surface area contributed by atoms with Crippen molar-refractivity contribution in [2.24, 2.45) is 0 Å². The molecular weight excluding hydrogens is 650 g/mol. The minimum absolute atomic E-state index is 0.0259. The largest absolute Gasteiger partial charge is 0.491 e. The molecule has 0 aliphatic carbocycles. The quantitative estimate of drug-likeness (QED) is 0.221. The highest BCUT2D eigenvalue weighted by Crippen LogP contribution is 2.38. The zero-order valence-corrected chi connectivity index (χ0v) is 27.7. The molecule has 0 radical (unpaired) electrons. The van der Waals surface area contributed by atoms with E-state index in [1.165, 1.54) is 45.0 Å². The Bertz CT molecular complexity index is 1940. The number of ether oxygens (including phenoxy) is 3. The van der Waals surface area contributed by atoms with E-state index in [4.69, 9.17) is 14.2 Å². The SMILES string of the molecule is CC([C@H](C)O)n1ncn(-c2ccc(N3CCN(c4ccc(OC[C@@H]5CO[C@](Cn6cncn6)(c6ccc(F)cc6F)O5)cc4)CC3)cc2)c1=O. The van der Waals surface area contributed by atoms with Crippen LogP contribution in [-0.4, -0.2) is 85.8 Å². The highest BCUT2D eigenvalue weighted by atomic mass is 19.1. The lowest BCUT2D eigenvalue weighted by molar-refractivity contribution is -0.192. The van der Waals surface area contributed by atoms with Gasteiger partial charge >= 0.3 is 5.69 Å². The average molecular weight is 689 g/mol. The van der Waals surface area contributed by atoms with Crippen LogP contribution in [0.2, 0.25) is 0 Å². The summed E-state index contributed by atoms with van der Waals surface area (Å²) >= 11 is 0. The number of nitrogens with zero attached hydrogens (tertiary/aromatic N) is 8. The van der Waals surface area contributed by atoms with E-state index in [1.54, 1.807) is 13.8 Å². The van der Waals surface area contributed by atoms with Gasteiger partial charge in [-0.05, 0) is 74.5 Å². The standard InChI is InChI=1S/C35H38F2N8O5/c1-24(25(2)46)45-34(47)44(23-40-45)29-6-4-27(5-7-29)41-13-15-42(16-14-41)28-8-10-30(11-9-28)48-18-31-19-49-35(50-31,20-43-22-38-21-39-43)32-12-3-26(36)17-33(32)37/h3-12,17,21-25,31,46H,13-16,18-20H2,1-2H3/t24?,25-,31+,35-/m0/s1. The molecule has 5 aromatic rings. The van der Waals surface area contributed by atoms with Crippen molar-refractivity contribution in [3.8, 4) is 11.4 Å². The number of hydrogen-bond acceptors (Lipinski definition) is 10.